The molecule has 1 aromatic carbocycles. The van der Waals surface area contributed by atoms with Gasteiger partial charge in [-0.2, -0.15) is 0 Å². The summed E-state index contributed by atoms with van der Waals surface area (Å²) in [5.41, 5.74) is 6.49. The van der Waals surface area contributed by atoms with Crippen LogP contribution in [-0.4, -0.2) is 50.4 Å². The number of nitrogens with zero attached hydrogens (tertiary/aromatic N) is 2. The Labute approximate surface area is 158 Å². The number of fused-ring (bicyclic) bond motifs is 2. The van der Waals surface area contributed by atoms with Gasteiger partial charge in [0, 0.05) is 61.5 Å². The highest BCUT2D eigenvalue weighted by Gasteiger charge is 2.34. The summed E-state index contributed by atoms with van der Waals surface area (Å²) in [5.74, 6) is 1.90. The molecule has 0 saturated carbocycles. The number of hydrogen-bond acceptors (Lipinski definition) is 5. The molecule has 0 bridgehead atoms. The van der Waals surface area contributed by atoms with E-state index < -0.39 is 0 Å². The highest BCUT2D eigenvalue weighted by atomic mass is 16.5. The van der Waals surface area contributed by atoms with Crippen LogP contribution in [0.15, 0.2) is 30.7 Å². The standard InChI is InChI=1S/C21H24N4O2/c1-26-19-8-14-16(11-24-17(14)9-20(19)27-2)15-7-13-10-23-12-18(21(13)15)25-5-3-22-4-6-25/h8-12,15,22,24H,3-7H2,1-2H3. The molecule has 1 aliphatic carbocycles. The Balaban J connectivity index is 1.58. The van der Waals surface area contributed by atoms with E-state index in [1.807, 2.05) is 18.5 Å². The van der Waals surface area contributed by atoms with Crippen molar-refractivity contribution in [2.24, 2.45) is 0 Å². The molecule has 1 unspecified atom stereocenters. The average molecular weight is 364 g/mol. The van der Waals surface area contributed by atoms with Crippen molar-refractivity contribution < 1.29 is 9.47 Å². The summed E-state index contributed by atoms with van der Waals surface area (Å²) in [7, 11) is 3.35. The van der Waals surface area contributed by atoms with Crippen molar-refractivity contribution >= 4 is 16.6 Å². The van der Waals surface area contributed by atoms with Gasteiger partial charge in [0.05, 0.1) is 26.1 Å². The quantitative estimate of drug-likeness (QED) is 0.745. The minimum atomic E-state index is 0.389. The SMILES string of the molecule is COc1cc2[nH]cc(C3Cc4cncc(N5CCNCC5)c43)c2cc1OC. The van der Waals surface area contributed by atoms with Gasteiger partial charge in [0.2, 0.25) is 0 Å². The predicted molar refractivity (Wildman–Crippen MR) is 106 cm³/mol. The monoisotopic (exact) mass is 364 g/mol. The van der Waals surface area contributed by atoms with Gasteiger partial charge in [-0.15, -0.1) is 0 Å². The van der Waals surface area contributed by atoms with Gasteiger partial charge in [0.25, 0.3) is 0 Å². The van der Waals surface area contributed by atoms with Crippen LogP contribution in [0.4, 0.5) is 5.69 Å². The molecule has 1 atom stereocenters. The number of hydrogen-bond donors (Lipinski definition) is 2. The number of benzene rings is 1. The second-order valence-electron chi connectivity index (χ2n) is 7.22. The average Bonchev–Trinajstić information content (AvgIpc) is 3.10. The van der Waals surface area contributed by atoms with Crippen molar-refractivity contribution in [3.05, 3.63) is 47.4 Å². The zero-order valence-corrected chi connectivity index (χ0v) is 15.7. The van der Waals surface area contributed by atoms with Crippen LogP contribution in [-0.2, 0) is 6.42 Å². The minimum Gasteiger partial charge on any atom is -0.493 e. The van der Waals surface area contributed by atoms with Crippen LogP contribution in [0.5, 0.6) is 11.5 Å². The van der Waals surface area contributed by atoms with E-state index in [9.17, 15) is 0 Å². The third kappa shape index (κ3) is 2.55. The molecule has 2 N–H and O–H groups in total. The molecule has 27 heavy (non-hydrogen) atoms. The van der Waals surface area contributed by atoms with Gasteiger partial charge in [0.1, 0.15) is 0 Å². The van der Waals surface area contributed by atoms with E-state index in [1.165, 1.54) is 27.8 Å². The van der Waals surface area contributed by atoms with Crippen molar-refractivity contribution in [1.29, 1.82) is 0 Å². The third-order valence-electron chi connectivity index (χ3n) is 5.87. The first kappa shape index (κ1) is 16.4. The third-order valence-corrected chi connectivity index (χ3v) is 5.87. The summed E-state index contributed by atoms with van der Waals surface area (Å²) in [6, 6.07) is 4.10. The molecule has 0 radical (unpaired) electrons. The number of methoxy groups -OCH3 is 2. The lowest BCUT2D eigenvalue weighted by molar-refractivity contribution is 0.356. The number of aromatic nitrogens is 2. The maximum atomic E-state index is 5.52. The molecule has 3 aromatic rings. The van der Waals surface area contributed by atoms with Crippen LogP contribution in [0.1, 0.15) is 22.6 Å². The molecule has 1 aliphatic heterocycles. The van der Waals surface area contributed by atoms with Crippen LogP contribution in [0.3, 0.4) is 0 Å². The van der Waals surface area contributed by atoms with Crippen molar-refractivity contribution in [2.45, 2.75) is 12.3 Å². The van der Waals surface area contributed by atoms with Crippen molar-refractivity contribution in [2.75, 3.05) is 45.3 Å². The molecule has 6 nitrogen and oxygen atoms in total. The molecule has 2 aliphatic rings. The first-order valence-electron chi connectivity index (χ1n) is 9.45. The lowest BCUT2D eigenvalue weighted by Gasteiger charge is -2.38. The first-order valence-corrected chi connectivity index (χ1v) is 9.45. The molecule has 3 heterocycles. The van der Waals surface area contributed by atoms with E-state index in [1.54, 1.807) is 14.2 Å². The molecule has 140 valence electrons. The summed E-state index contributed by atoms with van der Waals surface area (Å²) >= 11 is 0. The Morgan fingerprint density at radius 2 is 1.85 bits per heavy atom. The number of rotatable bonds is 4. The molecule has 0 spiro atoms. The van der Waals surface area contributed by atoms with E-state index in [-0.39, 0.29) is 0 Å². The number of H-pyrrole nitrogens is 1. The van der Waals surface area contributed by atoms with E-state index >= 15 is 0 Å². The fraction of sp³-hybridized carbons (Fsp3) is 0.381. The van der Waals surface area contributed by atoms with Gasteiger partial charge in [-0.25, -0.2) is 0 Å². The smallest absolute Gasteiger partial charge is 0.162 e. The second kappa shape index (κ2) is 6.46. The lowest BCUT2D eigenvalue weighted by atomic mass is 9.73. The van der Waals surface area contributed by atoms with Crippen LogP contribution in [0.2, 0.25) is 0 Å². The van der Waals surface area contributed by atoms with Crippen LogP contribution < -0.4 is 19.7 Å². The van der Waals surface area contributed by atoms with E-state index in [2.05, 4.69) is 32.4 Å². The number of aromatic amines is 1. The topological polar surface area (TPSA) is 62.4 Å². The van der Waals surface area contributed by atoms with Crippen LogP contribution in [0, 0.1) is 0 Å². The Bertz CT molecular complexity index is 991. The predicted octanol–water partition coefficient (Wildman–Crippen LogP) is 2.68. The summed E-state index contributed by atoms with van der Waals surface area (Å²) in [6.07, 6.45) is 7.23. The minimum absolute atomic E-state index is 0.389. The molecule has 1 saturated heterocycles. The Kier molecular flexibility index (Phi) is 3.93. The van der Waals surface area contributed by atoms with Crippen molar-refractivity contribution in [3.8, 4) is 11.5 Å². The van der Waals surface area contributed by atoms with Crippen molar-refractivity contribution in [1.82, 2.24) is 15.3 Å². The van der Waals surface area contributed by atoms with Gasteiger partial charge in [-0.3, -0.25) is 4.98 Å². The van der Waals surface area contributed by atoms with Gasteiger partial charge in [-0.1, -0.05) is 0 Å². The number of nitrogens with one attached hydrogen (secondary N) is 2. The van der Waals surface area contributed by atoms with Crippen LogP contribution >= 0.6 is 0 Å². The molecule has 5 rings (SSSR count). The fourth-order valence-corrected chi connectivity index (χ4v) is 4.44. The zero-order chi connectivity index (χ0) is 18.4. The van der Waals surface area contributed by atoms with Crippen molar-refractivity contribution in [3.63, 3.8) is 0 Å². The maximum Gasteiger partial charge on any atom is 0.162 e. The maximum absolute atomic E-state index is 5.52. The number of anilines is 1. The summed E-state index contributed by atoms with van der Waals surface area (Å²) in [5, 5.41) is 4.63. The Morgan fingerprint density at radius 1 is 1.07 bits per heavy atom. The number of piperazine rings is 1. The number of pyridine rings is 1. The number of ether oxygens (including phenoxy) is 2. The summed E-state index contributed by atoms with van der Waals surface area (Å²) in [4.78, 5) is 10.4. The largest absolute Gasteiger partial charge is 0.493 e. The Morgan fingerprint density at radius 3 is 2.63 bits per heavy atom. The second-order valence-corrected chi connectivity index (χ2v) is 7.22. The Hall–Kier alpha value is -2.73. The van der Waals surface area contributed by atoms with Gasteiger partial charge in [-0.05, 0) is 29.2 Å². The van der Waals surface area contributed by atoms with Gasteiger partial charge < -0.3 is 24.7 Å². The molecule has 1 fully saturated rings. The summed E-state index contributed by atoms with van der Waals surface area (Å²) in [6.45, 7) is 4.12. The van der Waals surface area contributed by atoms with E-state index in [4.69, 9.17) is 9.47 Å². The zero-order valence-electron chi connectivity index (χ0n) is 15.7. The molecule has 2 aromatic heterocycles. The fourth-order valence-electron chi connectivity index (χ4n) is 4.44. The first-order chi connectivity index (χ1) is 13.3. The van der Waals surface area contributed by atoms with E-state index in [0.29, 0.717) is 5.92 Å². The molecule has 0 amide bonds. The normalized spacial score (nSPS) is 18.9. The van der Waals surface area contributed by atoms with E-state index in [0.717, 1.165) is 49.6 Å². The molecular formula is C21H24N4O2. The molecular weight excluding hydrogens is 340 g/mol. The van der Waals surface area contributed by atoms with Crippen LogP contribution in [0.25, 0.3) is 10.9 Å². The molecule has 6 heteroatoms. The highest BCUT2D eigenvalue weighted by Crippen LogP contribution is 2.48. The van der Waals surface area contributed by atoms with Gasteiger partial charge in [0.15, 0.2) is 11.5 Å². The van der Waals surface area contributed by atoms with Gasteiger partial charge >= 0.3 is 0 Å². The highest BCUT2D eigenvalue weighted by molar-refractivity contribution is 5.88. The lowest BCUT2D eigenvalue weighted by Crippen LogP contribution is -2.44. The summed E-state index contributed by atoms with van der Waals surface area (Å²) < 4.78 is 11.0.